The Hall–Kier alpha value is -0.770. The summed E-state index contributed by atoms with van der Waals surface area (Å²) in [5.41, 5.74) is 5.93. The molecule has 0 amide bonds. The minimum atomic E-state index is 0.555. The van der Waals surface area contributed by atoms with E-state index in [-0.39, 0.29) is 0 Å². The molecule has 0 aromatic carbocycles. The molecule has 0 spiro atoms. The van der Waals surface area contributed by atoms with Gasteiger partial charge in [-0.1, -0.05) is 0 Å². The lowest BCUT2D eigenvalue weighted by atomic mass is 10.2. The van der Waals surface area contributed by atoms with Crippen molar-refractivity contribution in [3.05, 3.63) is 0 Å². The van der Waals surface area contributed by atoms with Crippen LogP contribution in [0, 0.1) is 0 Å². The molecule has 102 valence electrons. The highest BCUT2D eigenvalue weighted by molar-refractivity contribution is 5.77. The minimum Gasteiger partial charge on any atom is -0.370 e. The second kappa shape index (κ2) is 8.34. The molecule has 4 nitrogen and oxygen atoms in total. The lowest BCUT2D eigenvalue weighted by Gasteiger charge is -2.30. The maximum atomic E-state index is 5.93. The third-order valence-corrected chi connectivity index (χ3v) is 3.05. The van der Waals surface area contributed by atoms with Crippen molar-refractivity contribution in [1.82, 2.24) is 9.80 Å². The lowest BCUT2D eigenvalue weighted by molar-refractivity contribution is 0.180. The van der Waals surface area contributed by atoms with Gasteiger partial charge < -0.3 is 10.6 Å². The zero-order chi connectivity index (χ0) is 13.4. The Bertz CT molecular complexity index is 211. The van der Waals surface area contributed by atoms with Gasteiger partial charge >= 0.3 is 0 Å². The minimum absolute atomic E-state index is 0.555. The highest BCUT2D eigenvalue weighted by atomic mass is 15.3. The molecule has 0 aliphatic heterocycles. The number of rotatable bonds is 7. The van der Waals surface area contributed by atoms with Crippen LogP contribution >= 0.6 is 0 Å². The number of hydrogen-bond acceptors (Lipinski definition) is 2. The molecule has 0 aromatic heterocycles. The van der Waals surface area contributed by atoms with E-state index < -0.39 is 0 Å². The zero-order valence-electron chi connectivity index (χ0n) is 12.4. The molecule has 2 N–H and O–H groups in total. The van der Waals surface area contributed by atoms with E-state index in [1.54, 1.807) is 0 Å². The first kappa shape index (κ1) is 16.2. The maximum Gasteiger partial charge on any atom is 0.191 e. The van der Waals surface area contributed by atoms with E-state index in [1.807, 2.05) is 0 Å². The largest absolute Gasteiger partial charge is 0.370 e. The van der Waals surface area contributed by atoms with Crippen LogP contribution in [0.1, 0.15) is 41.5 Å². The molecule has 0 rings (SSSR count). The molecule has 17 heavy (non-hydrogen) atoms. The van der Waals surface area contributed by atoms with Gasteiger partial charge in [0.25, 0.3) is 0 Å². The van der Waals surface area contributed by atoms with Crippen LogP contribution in [0.25, 0.3) is 0 Å². The van der Waals surface area contributed by atoms with Crippen molar-refractivity contribution < 1.29 is 0 Å². The Balaban J connectivity index is 4.22. The second-order valence-electron chi connectivity index (χ2n) is 4.84. The van der Waals surface area contributed by atoms with Gasteiger partial charge in [-0.25, -0.2) is 0 Å². The normalized spacial score (nSPS) is 12.9. The molecule has 4 heteroatoms. The van der Waals surface area contributed by atoms with E-state index in [2.05, 4.69) is 56.3 Å². The van der Waals surface area contributed by atoms with Crippen molar-refractivity contribution in [2.45, 2.75) is 53.6 Å². The Labute approximate surface area is 107 Å². The molecular weight excluding hydrogens is 212 g/mol. The van der Waals surface area contributed by atoms with Crippen LogP contribution in [-0.4, -0.2) is 54.0 Å². The van der Waals surface area contributed by atoms with Crippen LogP contribution in [-0.2, 0) is 0 Å². The van der Waals surface area contributed by atoms with Gasteiger partial charge in [-0.05, 0) is 41.5 Å². The molecule has 0 heterocycles. The summed E-state index contributed by atoms with van der Waals surface area (Å²) in [4.78, 5) is 8.96. The van der Waals surface area contributed by atoms with Crippen LogP contribution in [0.5, 0.6) is 0 Å². The average Bonchev–Trinajstić information content (AvgIpc) is 2.24. The second-order valence-corrected chi connectivity index (χ2v) is 4.84. The van der Waals surface area contributed by atoms with Gasteiger partial charge in [0, 0.05) is 31.7 Å². The van der Waals surface area contributed by atoms with E-state index in [1.165, 1.54) is 0 Å². The fourth-order valence-corrected chi connectivity index (χ4v) is 2.04. The number of hydrogen-bond donors (Lipinski definition) is 1. The fraction of sp³-hybridized carbons (Fsp3) is 0.923. The third-order valence-electron chi connectivity index (χ3n) is 3.05. The number of nitrogens with two attached hydrogens (primary N) is 1. The van der Waals surface area contributed by atoms with Crippen molar-refractivity contribution in [3.8, 4) is 0 Å². The molecule has 0 saturated heterocycles. The molecule has 0 aromatic rings. The highest BCUT2D eigenvalue weighted by Gasteiger charge is 2.12. The van der Waals surface area contributed by atoms with Crippen LogP contribution < -0.4 is 5.73 Å². The first-order valence-electron chi connectivity index (χ1n) is 6.74. The van der Waals surface area contributed by atoms with E-state index in [4.69, 9.17) is 5.73 Å². The van der Waals surface area contributed by atoms with E-state index in [0.29, 0.717) is 18.0 Å². The smallest absolute Gasteiger partial charge is 0.191 e. The predicted octanol–water partition coefficient (Wildman–Crippen LogP) is 1.76. The molecule has 0 radical (unpaired) electrons. The third kappa shape index (κ3) is 5.91. The lowest BCUT2D eigenvalue weighted by Crippen LogP contribution is -2.40. The summed E-state index contributed by atoms with van der Waals surface area (Å²) in [6.45, 7) is 16.7. The molecule has 0 atom stereocenters. The van der Waals surface area contributed by atoms with Crippen molar-refractivity contribution in [3.63, 3.8) is 0 Å². The standard InChI is InChI=1S/C13H30N4/c1-7-16(8-2)13(14)15-9-10-17(11(3)4)12(5)6/h11-12H,7-10H2,1-6H3,(H2,14,15). The molecular formula is C13H30N4. The molecule has 0 fully saturated rings. The van der Waals surface area contributed by atoms with Gasteiger partial charge in [-0.3, -0.25) is 9.89 Å². The summed E-state index contributed by atoms with van der Waals surface area (Å²) < 4.78 is 0. The van der Waals surface area contributed by atoms with Crippen LogP contribution in [0.2, 0.25) is 0 Å². The summed E-state index contributed by atoms with van der Waals surface area (Å²) in [5.74, 6) is 0.669. The first-order chi connectivity index (χ1) is 7.93. The summed E-state index contributed by atoms with van der Waals surface area (Å²) >= 11 is 0. The monoisotopic (exact) mass is 242 g/mol. The Kier molecular flexibility index (Phi) is 7.96. The number of aliphatic imine (C=N–C) groups is 1. The van der Waals surface area contributed by atoms with Gasteiger partial charge in [-0.15, -0.1) is 0 Å². The van der Waals surface area contributed by atoms with E-state index in [0.717, 1.165) is 26.2 Å². The van der Waals surface area contributed by atoms with E-state index in [9.17, 15) is 0 Å². The highest BCUT2D eigenvalue weighted by Crippen LogP contribution is 2.03. The Morgan fingerprint density at radius 2 is 1.53 bits per heavy atom. The van der Waals surface area contributed by atoms with Gasteiger partial charge in [0.05, 0.1) is 6.54 Å². The van der Waals surface area contributed by atoms with Gasteiger partial charge in [-0.2, -0.15) is 0 Å². The number of nitrogens with zero attached hydrogens (tertiary/aromatic N) is 3. The fourth-order valence-electron chi connectivity index (χ4n) is 2.04. The summed E-state index contributed by atoms with van der Waals surface area (Å²) in [5, 5.41) is 0. The van der Waals surface area contributed by atoms with Crippen LogP contribution in [0.15, 0.2) is 4.99 Å². The van der Waals surface area contributed by atoms with Gasteiger partial charge in [0.1, 0.15) is 0 Å². The quantitative estimate of drug-likeness (QED) is 0.546. The molecule has 0 saturated carbocycles. The van der Waals surface area contributed by atoms with Crippen molar-refractivity contribution in [1.29, 1.82) is 0 Å². The Morgan fingerprint density at radius 3 is 1.88 bits per heavy atom. The first-order valence-corrected chi connectivity index (χ1v) is 6.74. The number of guanidine groups is 1. The SMILES string of the molecule is CCN(CC)C(N)=NCCN(C(C)C)C(C)C. The van der Waals surface area contributed by atoms with Gasteiger partial charge in [0.2, 0.25) is 0 Å². The van der Waals surface area contributed by atoms with Crippen molar-refractivity contribution in [2.75, 3.05) is 26.2 Å². The van der Waals surface area contributed by atoms with Gasteiger partial charge in [0.15, 0.2) is 5.96 Å². The summed E-state index contributed by atoms with van der Waals surface area (Å²) in [6, 6.07) is 1.11. The van der Waals surface area contributed by atoms with Crippen LogP contribution in [0.3, 0.4) is 0 Å². The average molecular weight is 242 g/mol. The van der Waals surface area contributed by atoms with E-state index >= 15 is 0 Å². The molecule has 0 unspecified atom stereocenters. The maximum absolute atomic E-state index is 5.93. The van der Waals surface area contributed by atoms with Crippen molar-refractivity contribution >= 4 is 5.96 Å². The molecule has 0 aliphatic carbocycles. The molecule has 0 bridgehead atoms. The summed E-state index contributed by atoms with van der Waals surface area (Å²) in [6.07, 6.45) is 0. The molecule has 0 aliphatic rings. The van der Waals surface area contributed by atoms with Crippen molar-refractivity contribution in [2.24, 2.45) is 10.7 Å². The Morgan fingerprint density at radius 1 is 1.06 bits per heavy atom. The topological polar surface area (TPSA) is 44.9 Å². The van der Waals surface area contributed by atoms with Crippen LogP contribution in [0.4, 0.5) is 0 Å². The summed E-state index contributed by atoms with van der Waals surface area (Å²) in [7, 11) is 0. The zero-order valence-corrected chi connectivity index (χ0v) is 12.4. The predicted molar refractivity (Wildman–Crippen MR) is 76.4 cm³/mol.